The molecule has 0 spiro atoms. The molecule has 0 aliphatic carbocycles. The summed E-state index contributed by atoms with van der Waals surface area (Å²) in [5.74, 6) is 1.82. The van der Waals surface area contributed by atoms with Crippen LogP contribution in [0.5, 0.6) is 5.75 Å². The summed E-state index contributed by atoms with van der Waals surface area (Å²) in [6.07, 6.45) is 0. The number of thioether (sulfide) groups is 1. The Bertz CT molecular complexity index is 508. The van der Waals surface area contributed by atoms with Gasteiger partial charge in [-0.15, -0.1) is 11.8 Å². The van der Waals surface area contributed by atoms with Crippen molar-refractivity contribution in [3.63, 3.8) is 0 Å². The molecule has 0 saturated carbocycles. The standard InChI is InChI=1S/C13H16N2OS2/c1-9-3-5-11(6-4-9)16-7-8-17-12-10(2)15-13(14)18-12/h3-6H,7-8H2,1-2H3,(H2,14,15). The van der Waals surface area contributed by atoms with E-state index in [1.807, 2.05) is 19.1 Å². The molecule has 5 heteroatoms. The molecule has 0 bridgehead atoms. The predicted molar refractivity (Wildman–Crippen MR) is 78.7 cm³/mol. The van der Waals surface area contributed by atoms with Crippen molar-refractivity contribution >= 4 is 28.2 Å². The van der Waals surface area contributed by atoms with E-state index in [0.717, 1.165) is 17.2 Å². The van der Waals surface area contributed by atoms with Gasteiger partial charge in [0.15, 0.2) is 5.13 Å². The van der Waals surface area contributed by atoms with E-state index in [-0.39, 0.29) is 0 Å². The Labute approximate surface area is 115 Å². The van der Waals surface area contributed by atoms with Crippen LogP contribution >= 0.6 is 23.1 Å². The Morgan fingerprint density at radius 1 is 1.28 bits per heavy atom. The van der Waals surface area contributed by atoms with Gasteiger partial charge in [0, 0.05) is 5.75 Å². The lowest BCUT2D eigenvalue weighted by atomic mass is 10.2. The zero-order chi connectivity index (χ0) is 13.0. The molecule has 0 atom stereocenters. The van der Waals surface area contributed by atoms with E-state index in [1.165, 1.54) is 21.1 Å². The molecule has 2 N–H and O–H groups in total. The van der Waals surface area contributed by atoms with Crippen molar-refractivity contribution in [2.24, 2.45) is 0 Å². The van der Waals surface area contributed by atoms with Crippen molar-refractivity contribution in [3.05, 3.63) is 35.5 Å². The summed E-state index contributed by atoms with van der Waals surface area (Å²) in [6, 6.07) is 8.10. The van der Waals surface area contributed by atoms with Gasteiger partial charge in [-0.3, -0.25) is 0 Å². The van der Waals surface area contributed by atoms with Gasteiger partial charge in [0.05, 0.1) is 16.5 Å². The quantitative estimate of drug-likeness (QED) is 0.672. The second-order valence-electron chi connectivity index (χ2n) is 3.93. The van der Waals surface area contributed by atoms with Crippen LogP contribution in [0.15, 0.2) is 28.5 Å². The summed E-state index contributed by atoms with van der Waals surface area (Å²) in [4.78, 5) is 4.19. The first kappa shape index (κ1) is 13.2. The molecule has 18 heavy (non-hydrogen) atoms. The molecule has 0 aliphatic heterocycles. The van der Waals surface area contributed by atoms with E-state index < -0.39 is 0 Å². The fourth-order valence-corrected chi connectivity index (χ4v) is 3.38. The van der Waals surface area contributed by atoms with Gasteiger partial charge in [-0.05, 0) is 26.0 Å². The Kier molecular flexibility index (Phi) is 4.49. The first-order valence-corrected chi connectivity index (χ1v) is 7.50. The van der Waals surface area contributed by atoms with E-state index in [2.05, 4.69) is 24.0 Å². The maximum absolute atomic E-state index is 5.66. The number of nitrogen functional groups attached to an aromatic ring is 1. The highest BCUT2D eigenvalue weighted by Crippen LogP contribution is 2.30. The molecule has 3 nitrogen and oxygen atoms in total. The number of hydrogen-bond donors (Lipinski definition) is 1. The van der Waals surface area contributed by atoms with Gasteiger partial charge < -0.3 is 10.5 Å². The number of thiazole rings is 1. The smallest absolute Gasteiger partial charge is 0.181 e. The molecule has 96 valence electrons. The number of aromatic nitrogens is 1. The molecule has 1 aromatic carbocycles. The summed E-state index contributed by atoms with van der Waals surface area (Å²) in [5, 5.41) is 0.634. The number of hydrogen-bond acceptors (Lipinski definition) is 5. The highest BCUT2D eigenvalue weighted by Gasteiger charge is 2.05. The van der Waals surface area contributed by atoms with Crippen LogP contribution in [0.4, 0.5) is 5.13 Å². The Balaban J connectivity index is 1.76. The molecular formula is C13H16N2OS2. The van der Waals surface area contributed by atoms with Crippen molar-refractivity contribution in [2.75, 3.05) is 18.1 Å². The first-order chi connectivity index (χ1) is 8.65. The van der Waals surface area contributed by atoms with Crippen LogP contribution in [0.3, 0.4) is 0 Å². The summed E-state index contributed by atoms with van der Waals surface area (Å²) < 4.78 is 6.84. The van der Waals surface area contributed by atoms with Crippen LogP contribution in [0.1, 0.15) is 11.3 Å². The molecule has 0 amide bonds. The molecule has 2 aromatic rings. The van der Waals surface area contributed by atoms with Crippen LogP contribution in [0.25, 0.3) is 0 Å². The zero-order valence-corrected chi connectivity index (χ0v) is 12.1. The largest absolute Gasteiger partial charge is 0.493 e. The summed E-state index contributed by atoms with van der Waals surface area (Å²) >= 11 is 3.28. The maximum Gasteiger partial charge on any atom is 0.181 e. The lowest BCUT2D eigenvalue weighted by molar-refractivity contribution is 0.344. The molecule has 1 aromatic heterocycles. The third-order valence-electron chi connectivity index (χ3n) is 2.38. The van der Waals surface area contributed by atoms with Crippen LogP contribution in [0, 0.1) is 13.8 Å². The first-order valence-electron chi connectivity index (χ1n) is 5.70. The molecule has 0 aliphatic rings. The number of ether oxygens (including phenoxy) is 1. The summed E-state index contributed by atoms with van der Waals surface area (Å²) in [5.41, 5.74) is 7.91. The molecule has 1 heterocycles. The molecule has 0 unspecified atom stereocenters. The Morgan fingerprint density at radius 2 is 2.00 bits per heavy atom. The topological polar surface area (TPSA) is 48.1 Å². The minimum absolute atomic E-state index is 0.634. The number of rotatable bonds is 5. The highest BCUT2D eigenvalue weighted by atomic mass is 32.2. The second-order valence-corrected chi connectivity index (χ2v) is 6.33. The lowest BCUT2D eigenvalue weighted by Crippen LogP contribution is -1.99. The molecule has 0 fully saturated rings. The number of nitrogens with zero attached hydrogens (tertiary/aromatic N) is 1. The van der Waals surface area contributed by atoms with Crippen LogP contribution in [0.2, 0.25) is 0 Å². The predicted octanol–water partition coefficient (Wildman–Crippen LogP) is 3.51. The lowest BCUT2D eigenvalue weighted by Gasteiger charge is -2.05. The van der Waals surface area contributed by atoms with E-state index in [9.17, 15) is 0 Å². The van der Waals surface area contributed by atoms with Crippen molar-refractivity contribution in [3.8, 4) is 5.75 Å². The van der Waals surface area contributed by atoms with Crippen molar-refractivity contribution < 1.29 is 4.74 Å². The minimum Gasteiger partial charge on any atom is -0.493 e. The van der Waals surface area contributed by atoms with Gasteiger partial charge >= 0.3 is 0 Å². The minimum atomic E-state index is 0.634. The SMILES string of the molecule is Cc1ccc(OCCSc2sc(N)nc2C)cc1. The van der Waals surface area contributed by atoms with E-state index >= 15 is 0 Å². The van der Waals surface area contributed by atoms with E-state index in [1.54, 1.807) is 11.8 Å². The average molecular weight is 280 g/mol. The van der Waals surface area contributed by atoms with Gasteiger partial charge in [-0.25, -0.2) is 4.98 Å². The molecular weight excluding hydrogens is 264 g/mol. The average Bonchev–Trinajstić information content (AvgIpc) is 2.66. The van der Waals surface area contributed by atoms with E-state index in [0.29, 0.717) is 11.7 Å². The Morgan fingerprint density at radius 3 is 2.61 bits per heavy atom. The Hall–Kier alpha value is -1.20. The molecule has 0 saturated heterocycles. The summed E-state index contributed by atoms with van der Waals surface area (Å²) in [7, 11) is 0. The summed E-state index contributed by atoms with van der Waals surface area (Å²) in [6.45, 7) is 4.73. The van der Waals surface area contributed by atoms with Crippen LogP contribution in [-0.2, 0) is 0 Å². The third kappa shape index (κ3) is 3.65. The van der Waals surface area contributed by atoms with E-state index in [4.69, 9.17) is 10.5 Å². The zero-order valence-electron chi connectivity index (χ0n) is 10.5. The van der Waals surface area contributed by atoms with Gasteiger partial charge in [0.1, 0.15) is 5.75 Å². The second kappa shape index (κ2) is 6.11. The fraction of sp³-hybridized carbons (Fsp3) is 0.308. The molecule has 0 radical (unpaired) electrons. The number of benzene rings is 1. The van der Waals surface area contributed by atoms with Crippen LogP contribution < -0.4 is 10.5 Å². The highest BCUT2D eigenvalue weighted by molar-refractivity contribution is 8.01. The number of anilines is 1. The molecule has 2 rings (SSSR count). The van der Waals surface area contributed by atoms with Crippen molar-refractivity contribution in [1.82, 2.24) is 4.98 Å². The number of aryl methyl sites for hydroxylation is 2. The van der Waals surface area contributed by atoms with Gasteiger partial charge in [0.25, 0.3) is 0 Å². The fourth-order valence-electron chi connectivity index (χ4n) is 1.46. The van der Waals surface area contributed by atoms with Gasteiger partial charge in [-0.2, -0.15) is 0 Å². The van der Waals surface area contributed by atoms with Crippen molar-refractivity contribution in [2.45, 2.75) is 18.1 Å². The maximum atomic E-state index is 5.66. The van der Waals surface area contributed by atoms with Gasteiger partial charge in [0.2, 0.25) is 0 Å². The van der Waals surface area contributed by atoms with Gasteiger partial charge in [-0.1, -0.05) is 29.0 Å². The normalized spacial score (nSPS) is 10.6. The number of nitrogens with two attached hydrogens (primary N) is 1. The monoisotopic (exact) mass is 280 g/mol. The van der Waals surface area contributed by atoms with Crippen molar-refractivity contribution in [1.29, 1.82) is 0 Å². The third-order valence-corrected chi connectivity index (χ3v) is 4.69. The van der Waals surface area contributed by atoms with Crippen LogP contribution in [-0.4, -0.2) is 17.3 Å².